The van der Waals surface area contributed by atoms with Crippen molar-refractivity contribution < 1.29 is 14.6 Å². The van der Waals surface area contributed by atoms with E-state index in [4.69, 9.17) is 15.6 Å². The minimum absolute atomic E-state index is 0.0430. The molecule has 3 N–H and O–H groups in total. The number of carbonyl (C=O) groups is 1. The van der Waals surface area contributed by atoms with Crippen LogP contribution in [0.1, 0.15) is 12.8 Å². The Balaban J connectivity index is 1.48. The van der Waals surface area contributed by atoms with Crippen molar-refractivity contribution in [2.45, 2.75) is 18.9 Å². The number of benzene rings is 2. The average molecular weight is 363 g/mol. The largest absolute Gasteiger partial charge is 0.490 e. The molecule has 27 heavy (non-hydrogen) atoms. The maximum Gasteiger partial charge on any atom is 0.407 e. The van der Waals surface area contributed by atoms with Crippen LogP contribution in [-0.2, 0) is 0 Å². The van der Waals surface area contributed by atoms with Crippen molar-refractivity contribution in [1.29, 1.82) is 0 Å². The van der Waals surface area contributed by atoms with Gasteiger partial charge in [-0.1, -0.05) is 30.3 Å². The van der Waals surface area contributed by atoms with E-state index in [0.29, 0.717) is 31.6 Å². The number of hydrogen-bond donors (Lipinski definition) is 2. The van der Waals surface area contributed by atoms with Crippen LogP contribution in [0.2, 0.25) is 0 Å². The number of likely N-dealkylation sites (tertiary alicyclic amines) is 1. The lowest BCUT2D eigenvalue weighted by Crippen LogP contribution is -2.41. The van der Waals surface area contributed by atoms with Crippen molar-refractivity contribution in [1.82, 2.24) is 9.88 Å². The van der Waals surface area contributed by atoms with Gasteiger partial charge in [-0.25, -0.2) is 4.79 Å². The van der Waals surface area contributed by atoms with Crippen molar-refractivity contribution >= 4 is 22.7 Å². The van der Waals surface area contributed by atoms with Gasteiger partial charge in [0.25, 0.3) is 0 Å². The molecule has 1 saturated heterocycles. The van der Waals surface area contributed by atoms with Crippen LogP contribution in [0.4, 0.5) is 10.5 Å². The van der Waals surface area contributed by atoms with Crippen LogP contribution in [0.5, 0.6) is 5.75 Å². The van der Waals surface area contributed by atoms with Gasteiger partial charge in [0.2, 0.25) is 0 Å². The monoisotopic (exact) mass is 363 g/mol. The second-order valence-corrected chi connectivity index (χ2v) is 6.71. The molecule has 1 aliphatic rings. The Labute approximate surface area is 157 Å². The van der Waals surface area contributed by atoms with E-state index in [1.165, 1.54) is 4.90 Å². The number of aromatic nitrogens is 1. The van der Waals surface area contributed by atoms with Crippen LogP contribution >= 0.6 is 0 Å². The fourth-order valence-electron chi connectivity index (χ4n) is 3.49. The summed E-state index contributed by atoms with van der Waals surface area (Å²) in [5, 5.41) is 10.0. The zero-order valence-electron chi connectivity index (χ0n) is 14.8. The van der Waals surface area contributed by atoms with E-state index in [1.807, 2.05) is 48.5 Å². The van der Waals surface area contributed by atoms with Crippen molar-refractivity contribution in [3.8, 4) is 16.9 Å². The van der Waals surface area contributed by atoms with E-state index in [0.717, 1.165) is 27.8 Å². The van der Waals surface area contributed by atoms with Gasteiger partial charge in [0, 0.05) is 43.1 Å². The number of carboxylic acid groups (broad SMARTS) is 1. The number of ether oxygens (including phenoxy) is 1. The third-order valence-electron chi connectivity index (χ3n) is 4.99. The second-order valence-electron chi connectivity index (χ2n) is 6.71. The molecule has 3 aromatic rings. The predicted octanol–water partition coefficient (Wildman–Crippen LogP) is 4.01. The van der Waals surface area contributed by atoms with Gasteiger partial charge in [0.15, 0.2) is 0 Å². The highest BCUT2D eigenvalue weighted by atomic mass is 16.5. The molecule has 6 nitrogen and oxygen atoms in total. The molecule has 1 amide bonds. The Morgan fingerprint density at radius 1 is 1.11 bits per heavy atom. The number of amides is 1. The summed E-state index contributed by atoms with van der Waals surface area (Å²) >= 11 is 0. The molecule has 0 saturated carbocycles. The van der Waals surface area contributed by atoms with E-state index < -0.39 is 6.09 Å². The molecule has 1 aromatic heterocycles. The summed E-state index contributed by atoms with van der Waals surface area (Å²) in [5.41, 5.74) is 9.76. The summed E-state index contributed by atoms with van der Waals surface area (Å²) < 4.78 is 6.01. The molecule has 0 atom stereocenters. The zero-order chi connectivity index (χ0) is 18.8. The van der Waals surface area contributed by atoms with Gasteiger partial charge in [-0.2, -0.15) is 0 Å². The predicted molar refractivity (Wildman–Crippen MR) is 105 cm³/mol. The number of hydrogen-bond acceptors (Lipinski definition) is 4. The molecule has 2 heterocycles. The smallest absolute Gasteiger partial charge is 0.407 e. The second kappa shape index (κ2) is 7.15. The zero-order valence-corrected chi connectivity index (χ0v) is 14.8. The molecule has 6 heteroatoms. The Bertz CT molecular complexity index is 964. The molecular formula is C21H21N3O3. The van der Waals surface area contributed by atoms with E-state index in [9.17, 15) is 4.79 Å². The summed E-state index contributed by atoms with van der Waals surface area (Å²) in [6.07, 6.45) is 2.34. The minimum Gasteiger partial charge on any atom is -0.490 e. The molecular weight excluding hydrogens is 342 g/mol. The summed E-state index contributed by atoms with van der Waals surface area (Å²) in [5.74, 6) is 0.782. The molecule has 0 aliphatic carbocycles. The number of anilines is 1. The maximum absolute atomic E-state index is 11.0. The van der Waals surface area contributed by atoms with Crippen molar-refractivity contribution in [3.05, 3.63) is 54.7 Å². The Kier molecular flexibility index (Phi) is 4.54. The van der Waals surface area contributed by atoms with Crippen LogP contribution in [0.3, 0.4) is 0 Å². The third kappa shape index (κ3) is 3.51. The lowest BCUT2D eigenvalue weighted by molar-refractivity contribution is 0.0895. The number of nitrogens with two attached hydrogens (primary N) is 1. The van der Waals surface area contributed by atoms with Gasteiger partial charge < -0.3 is 20.5 Å². The van der Waals surface area contributed by atoms with E-state index in [2.05, 4.69) is 4.98 Å². The third-order valence-corrected chi connectivity index (χ3v) is 4.99. The number of piperidine rings is 1. The van der Waals surface area contributed by atoms with Gasteiger partial charge in [0.1, 0.15) is 11.9 Å². The fourth-order valence-corrected chi connectivity index (χ4v) is 3.49. The first-order valence-electron chi connectivity index (χ1n) is 9.00. The van der Waals surface area contributed by atoms with Gasteiger partial charge in [0.05, 0.1) is 11.2 Å². The molecule has 0 unspecified atom stereocenters. The molecule has 0 radical (unpaired) electrons. The molecule has 0 spiro atoms. The van der Waals surface area contributed by atoms with Crippen LogP contribution in [-0.4, -0.2) is 40.3 Å². The molecule has 0 bridgehead atoms. The number of fused-ring (bicyclic) bond motifs is 1. The first-order valence-corrected chi connectivity index (χ1v) is 9.00. The molecule has 2 aromatic carbocycles. The Morgan fingerprint density at radius 2 is 1.85 bits per heavy atom. The topological polar surface area (TPSA) is 88.7 Å². The fraction of sp³-hybridized carbons (Fsp3) is 0.238. The standard InChI is InChI=1S/C21H21N3O3/c22-19-18(8-5-15-2-1-11-23-20(15)19)14-3-6-16(7-4-14)27-17-9-12-24(13-10-17)21(25)26/h1-8,11,17H,9-10,12-13,22H2,(H,25,26). The van der Waals surface area contributed by atoms with Gasteiger partial charge in [-0.3, -0.25) is 4.98 Å². The SMILES string of the molecule is Nc1c(-c2ccc(OC3CCN(C(=O)O)CC3)cc2)ccc2cccnc12. The molecule has 1 aliphatic heterocycles. The van der Waals surface area contributed by atoms with Crippen molar-refractivity contribution in [2.75, 3.05) is 18.8 Å². The molecule has 4 rings (SSSR count). The summed E-state index contributed by atoms with van der Waals surface area (Å²) in [7, 11) is 0. The van der Waals surface area contributed by atoms with Crippen molar-refractivity contribution in [3.63, 3.8) is 0 Å². The maximum atomic E-state index is 11.0. The minimum atomic E-state index is -0.861. The lowest BCUT2D eigenvalue weighted by Gasteiger charge is -2.30. The first-order chi connectivity index (χ1) is 13.1. The van der Waals surface area contributed by atoms with E-state index in [-0.39, 0.29) is 6.10 Å². The van der Waals surface area contributed by atoms with Crippen LogP contribution in [0, 0.1) is 0 Å². The normalized spacial score (nSPS) is 15.0. The van der Waals surface area contributed by atoms with Crippen LogP contribution in [0.25, 0.3) is 22.0 Å². The molecule has 138 valence electrons. The average Bonchev–Trinajstić information content (AvgIpc) is 2.70. The quantitative estimate of drug-likeness (QED) is 0.687. The van der Waals surface area contributed by atoms with Gasteiger partial charge >= 0.3 is 6.09 Å². The highest BCUT2D eigenvalue weighted by Crippen LogP contribution is 2.32. The number of pyridine rings is 1. The Hall–Kier alpha value is -3.28. The van der Waals surface area contributed by atoms with E-state index in [1.54, 1.807) is 6.20 Å². The Morgan fingerprint density at radius 3 is 2.56 bits per heavy atom. The summed E-state index contributed by atoms with van der Waals surface area (Å²) in [6, 6.07) is 15.8. The number of nitrogens with zero attached hydrogens (tertiary/aromatic N) is 2. The van der Waals surface area contributed by atoms with Crippen LogP contribution < -0.4 is 10.5 Å². The lowest BCUT2D eigenvalue weighted by atomic mass is 10.0. The van der Waals surface area contributed by atoms with Gasteiger partial charge in [-0.05, 0) is 23.8 Å². The highest BCUT2D eigenvalue weighted by molar-refractivity contribution is 5.97. The van der Waals surface area contributed by atoms with Gasteiger partial charge in [-0.15, -0.1) is 0 Å². The van der Waals surface area contributed by atoms with Crippen LogP contribution in [0.15, 0.2) is 54.7 Å². The summed E-state index contributed by atoms with van der Waals surface area (Å²) in [6.45, 7) is 1.03. The van der Waals surface area contributed by atoms with E-state index >= 15 is 0 Å². The number of rotatable bonds is 3. The summed E-state index contributed by atoms with van der Waals surface area (Å²) in [4.78, 5) is 16.8. The van der Waals surface area contributed by atoms with Crippen molar-refractivity contribution in [2.24, 2.45) is 0 Å². The molecule has 1 fully saturated rings. The highest BCUT2D eigenvalue weighted by Gasteiger charge is 2.23. The first kappa shape index (κ1) is 17.1. The number of nitrogen functional groups attached to an aromatic ring is 1.